The molecule has 32 heavy (non-hydrogen) atoms. The van der Waals surface area contributed by atoms with Crippen molar-refractivity contribution in [2.75, 3.05) is 11.9 Å². The van der Waals surface area contributed by atoms with Gasteiger partial charge in [0.2, 0.25) is 0 Å². The summed E-state index contributed by atoms with van der Waals surface area (Å²) < 4.78 is 1.85. The Bertz CT molecular complexity index is 1290. The second kappa shape index (κ2) is 8.13. The third-order valence-electron chi connectivity index (χ3n) is 6.46. The zero-order chi connectivity index (χ0) is 22.2. The van der Waals surface area contributed by atoms with Crippen LogP contribution in [0.15, 0.2) is 35.3 Å². The van der Waals surface area contributed by atoms with Gasteiger partial charge < -0.3 is 15.4 Å². The molecule has 5 rings (SSSR count). The number of hydrogen-bond donors (Lipinski definition) is 3. The van der Waals surface area contributed by atoms with Gasteiger partial charge in [-0.05, 0) is 42.2 Å². The molecule has 0 unspecified atom stereocenters. The molecule has 1 aliphatic heterocycles. The Hall–Kier alpha value is -3.64. The van der Waals surface area contributed by atoms with Crippen LogP contribution in [0.3, 0.4) is 0 Å². The molecule has 3 aromatic rings. The van der Waals surface area contributed by atoms with Crippen LogP contribution in [0.2, 0.25) is 0 Å². The smallest absolute Gasteiger partial charge is 0.317 e. The second-order valence-electron chi connectivity index (χ2n) is 8.59. The van der Waals surface area contributed by atoms with Gasteiger partial charge in [0.1, 0.15) is 5.39 Å². The van der Waals surface area contributed by atoms with Crippen LogP contribution in [0.5, 0.6) is 0 Å². The number of carboxylic acids is 1. The van der Waals surface area contributed by atoms with Crippen LogP contribution in [-0.2, 0) is 17.9 Å². The molecule has 3 heterocycles. The SMILES string of the molecule is N#C[C@H]1CCCC[C@@H]1n1nc(Nc2ccc3c(c2)CN(CC(=O)O)C3)c2c(=O)[nH]ccc21. The zero-order valence-electron chi connectivity index (χ0n) is 17.5. The molecule has 1 fully saturated rings. The van der Waals surface area contributed by atoms with Crippen LogP contribution in [-0.4, -0.2) is 37.3 Å². The molecule has 1 saturated carbocycles. The number of aromatic nitrogens is 3. The van der Waals surface area contributed by atoms with E-state index in [1.807, 2.05) is 33.8 Å². The highest BCUT2D eigenvalue weighted by Gasteiger charge is 2.30. The van der Waals surface area contributed by atoms with Gasteiger partial charge in [-0.1, -0.05) is 18.9 Å². The van der Waals surface area contributed by atoms with Gasteiger partial charge in [-0.3, -0.25) is 19.2 Å². The minimum atomic E-state index is -0.842. The molecule has 0 bridgehead atoms. The standard InChI is InChI=1S/C23H24N6O3/c24-10-14-3-1-2-4-18(14)29-19-7-8-25-23(32)21(19)22(27-29)26-17-6-5-15-11-28(13-20(30)31)12-16(15)9-17/h5-9,14,18H,1-4,11-13H2,(H,25,32)(H,26,27)(H,30,31)/t14-,18+/m1/s1. The quantitative estimate of drug-likeness (QED) is 0.565. The van der Waals surface area contributed by atoms with E-state index < -0.39 is 5.97 Å². The number of rotatable bonds is 5. The Labute approximate surface area is 184 Å². The summed E-state index contributed by atoms with van der Waals surface area (Å²) >= 11 is 0. The van der Waals surface area contributed by atoms with Crippen molar-refractivity contribution in [3.8, 4) is 6.07 Å². The summed E-state index contributed by atoms with van der Waals surface area (Å²) in [6.07, 6.45) is 5.39. The van der Waals surface area contributed by atoms with E-state index in [1.165, 1.54) is 0 Å². The maximum absolute atomic E-state index is 12.7. The molecule has 0 amide bonds. The molecule has 1 aromatic carbocycles. The van der Waals surface area contributed by atoms with Gasteiger partial charge in [-0.15, -0.1) is 0 Å². The Morgan fingerprint density at radius 2 is 2.06 bits per heavy atom. The van der Waals surface area contributed by atoms with Gasteiger partial charge >= 0.3 is 5.97 Å². The molecule has 9 nitrogen and oxygen atoms in total. The molecule has 1 aliphatic carbocycles. The van der Waals surface area contributed by atoms with Crippen LogP contribution >= 0.6 is 0 Å². The first-order chi connectivity index (χ1) is 15.5. The van der Waals surface area contributed by atoms with E-state index in [0.29, 0.717) is 24.3 Å². The lowest BCUT2D eigenvalue weighted by molar-refractivity contribution is -0.138. The summed E-state index contributed by atoms with van der Waals surface area (Å²) in [6, 6.07) is 10.1. The molecular formula is C23H24N6O3. The van der Waals surface area contributed by atoms with Crippen LogP contribution in [0.4, 0.5) is 11.5 Å². The molecule has 0 radical (unpaired) electrons. The van der Waals surface area contributed by atoms with Crippen molar-refractivity contribution in [1.29, 1.82) is 5.26 Å². The molecule has 2 atom stereocenters. The predicted molar refractivity (Wildman–Crippen MR) is 118 cm³/mol. The van der Waals surface area contributed by atoms with Crippen molar-refractivity contribution >= 4 is 28.4 Å². The molecule has 2 aromatic heterocycles. The number of aromatic amines is 1. The van der Waals surface area contributed by atoms with Gasteiger partial charge in [0, 0.05) is 25.0 Å². The van der Waals surface area contributed by atoms with Gasteiger partial charge in [0.25, 0.3) is 5.56 Å². The molecule has 164 valence electrons. The Kier molecular flexibility index (Phi) is 5.15. The summed E-state index contributed by atoms with van der Waals surface area (Å²) in [5.74, 6) is -0.505. The highest BCUT2D eigenvalue weighted by Crippen LogP contribution is 2.37. The fraction of sp³-hybridized carbons (Fsp3) is 0.391. The van der Waals surface area contributed by atoms with Crippen molar-refractivity contribution in [2.45, 2.75) is 44.8 Å². The number of nitriles is 1. The number of aliphatic carboxylic acids is 1. The number of carboxylic acid groups (broad SMARTS) is 1. The lowest BCUT2D eigenvalue weighted by atomic mass is 9.85. The molecule has 0 spiro atoms. The normalized spacial score (nSPS) is 20.7. The molecule has 9 heteroatoms. The fourth-order valence-corrected chi connectivity index (χ4v) is 4.98. The van der Waals surface area contributed by atoms with E-state index in [0.717, 1.165) is 48.0 Å². The van der Waals surface area contributed by atoms with E-state index >= 15 is 0 Å². The van der Waals surface area contributed by atoms with Crippen molar-refractivity contribution < 1.29 is 9.90 Å². The first-order valence-electron chi connectivity index (χ1n) is 10.9. The second-order valence-corrected chi connectivity index (χ2v) is 8.59. The van der Waals surface area contributed by atoms with Gasteiger partial charge in [-0.2, -0.15) is 10.4 Å². The third-order valence-corrected chi connectivity index (χ3v) is 6.46. The minimum absolute atomic E-state index is 0.00328. The van der Waals surface area contributed by atoms with Crippen molar-refractivity contribution in [3.63, 3.8) is 0 Å². The molecular weight excluding hydrogens is 408 g/mol. The van der Waals surface area contributed by atoms with Crippen LogP contribution in [0.25, 0.3) is 10.9 Å². The highest BCUT2D eigenvalue weighted by molar-refractivity contribution is 5.91. The van der Waals surface area contributed by atoms with Gasteiger partial charge in [0.15, 0.2) is 5.82 Å². The average molecular weight is 432 g/mol. The first-order valence-corrected chi connectivity index (χ1v) is 10.9. The number of hydrogen-bond acceptors (Lipinski definition) is 6. The Morgan fingerprint density at radius 1 is 1.25 bits per heavy atom. The zero-order valence-corrected chi connectivity index (χ0v) is 17.5. The lowest BCUT2D eigenvalue weighted by Crippen LogP contribution is -2.24. The lowest BCUT2D eigenvalue weighted by Gasteiger charge is -2.27. The Balaban J connectivity index is 1.49. The van der Waals surface area contributed by atoms with Crippen molar-refractivity contribution in [3.05, 3.63) is 51.9 Å². The molecule has 0 saturated heterocycles. The number of nitrogens with one attached hydrogen (secondary N) is 2. The van der Waals surface area contributed by atoms with Gasteiger partial charge in [0.05, 0.1) is 30.1 Å². The van der Waals surface area contributed by atoms with Crippen LogP contribution in [0, 0.1) is 17.2 Å². The summed E-state index contributed by atoms with van der Waals surface area (Å²) in [7, 11) is 0. The Morgan fingerprint density at radius 3 is 2.88 bits per heavy atom. The number of benzene rings is 1. The molecule has 3 N–H and O–H groups in total. The minimum Gasteiger partial charge on any atom is -0.480 e. The number of fused-ring (bicyclic) bond motifs is 2. The predicted octanol–water partition coefficient (Wildman–Crippen LogP) is 3.12. The third kappa shape index (κ3) is 3.63. The highest BCUT2D eigenvalue weighted by atomic mass is 16.4. The maximum Gasteiger partial charge on any atom is 0.317 e. The van der Waals surface area contributed by atoms with E-state index in [4.69, 9.17) is 10.2 Å². The van der Waals surface area contributed by atoms with Gasteiger partial charge in [-0.25, -0.2) is 0 Å². The summed E-state index contributed by atoms with van der Waals surface area (Å²) in [6.45, 7) is 1.18. The summed E-state index contributed by atoms with van der Waals surface area (Å²) in [5.41, 5.74) is 3.44. The van der Waals surface area contributed by atoms with E-state index in [-0.39, 0.29) is 24.1 Å². The summed E-state index contributed by atoms with van der Waals surface area (Å²) in [5, 5.41) is 27.2. The monoisotopic (exact) mass is 432 g/mol. The van der Waals surface area contributed by atoms with Crippen molar-refractivity contribution in [1.82, 2.24) is 19.7 Å². The van der Waals surface area contributed by atoms with Crippen LogP contribution in [0.1, 0.15) is 42.9 Å². The number of H-pyrrole nitrogens is 1. The average Bonchev–Trinajstić information content (AvgIpc) is 3.34. The number of pyridine rings is 1. The molecule has 2 aliphatic rings. The maximum atomic E-state index is 12.7. The topological polar surface area (TPSA) is 127 Å². The fourth-order valence-electron chi connectivity index (χ4n) is 4.98. The van der Waals surface area contributed by atoms with E-state index in [2.05, 4.69) is 16.4 Å². The van der Waals surface area contributed by atoms with E-state index in [1.54, 1.807) is 6.20 Å². The van der Waals surface area contributed by atoms with Crippen LogP contribution < -0.4 is 10.9 Å². The number of anilines is 2. The first kappa shape index (κ1) is 20.3. The van der Waals surface area contributed by atoms with Crippen molar-refractivity contribution in [2.24, 2.45) is 5.92 Å². The largest absolute Gasteiger partial charge is 0.480 e. The number of nitrogens with zero attached hydrogens (tertiary/aromatic N) is 4. The summed E-state index contributed by atoms with van der Waals surface area (Å²) in [4.78, 5) is 28.3. The van der Waals surface area contributed by atoms with E-state index in [9.17, 15) is 14.9 Å². The number of carbonyl (C=O) groups is 1.